The van der Waals surface area contributed by atoms with Crippen LogP contribution in [-0.4, -0.2) is 0 Å². The van der Waals surface area contributed by atoms with Gasteiger partial charge in [-0.15, -0.1) is 0 Å². The van der Waals surface area contributed by atoms with Gasteiger partial charge in [-0.1, -0.05) is 76.6 Å². The second-order valence-electron chi connectivity index (χ2n) is 4.82. The van der Waals surface area contributed by atoms with Crippen LogP contribution in [0.1, 0.15) is 64.5 Å². The maximum Gasteiger partial charge on any atom is -0.00582 e. The molecule has 0 nitrogen and oxygen atoms in total. The second kappa shape index (κ2) is 7.20. The number of hydrogen-bond acceptors (Lipinski definition) is 0. The summed E-state index contributed by atoms with van der Waals surface area (Å²) >= 11 is 0. The minimum Gasteiger partial charge on any atom is -0.0683 e. The molecule has 1 aliphatic rings. The molecule has 0 heteroatoms. The van der Waals surface area contributed by atoms with Gasteiger partial charge in [0.05, 0.1) is 0 Å². The Morgan fingerprint density at radius 1 is 1.00 bits per heavy atom. The molecule has 2 rings (SSSR count). The largest absolute Gasteiger partial charge is 0.0683 e. The average Bonchev–Trinajstić information content (AvgIpc) is 2.90. The highest BCUT2D eigenvalue weighted by atomic mass is 14.1. The van der Waals surface area contributed by atoms with Crippen molar-refractivity contribution in [3.05, 3.63) is 53.1 Å². The highest BCUT2D eigenvalue weighted by Crippen LogP contribution is 2.30. The summed E-state index contributed by atoms with van der Waals surface area (Å²) in [4.78, 5) is 0. The summed E-state index contributed by atoms with van der Waals surface area (Å²) in [7, 11) is 0. The van der Waals surface area contributed by atoms with Gasteiger partial charge in [0, 0.05) is 0 Å². The van der Waals surface area contributed by atoms with Crippen LogP contribution in [0.15, 0.2) is 42.0 Å². The summed E-state index contributed by atoms with van der Waals surface area (Å²) in [5, 5.41) is 0. The average molecular weight is 242 g/mol. The molecule has 0 aromatic heterocycles. The van der Waals surface area contributed by atoms with Crippen LogP contribution in [0, 0.1) is 0 Å². The molecule has 18 heavy (non-hydrogen) atoms. The molecule has 0 bridgehead atoms. The van der Waals surface area contributed by atoms with Crippen LogP contribution >= 0.6 is 0 Å². The number of rotatable bonds is 3. The van der Waals surface area contributed by atoms with Crippen molar-refractivity contribution >= 4 is 5.57 Å². The van der Waals surface area contributed by atoms with E-state index < -0.39 is 0 Å². The monoisotopic (exact) mass is 242 g/mol. The van der Waals surface area contributed by atoms with Crippen LogP contribution in [0.2, 0.25) is 0 Å². The third-order valence-electron chi connectivity index (χ3n) is 3.34. The van der Waals surface area contributed by atoms with Gasteiger partial charge >= 0.3 is 0 Å². The standard InChI is InChI=1S/C16H20.C2H6/c1-4-13-5-6-16(11-13)15-9-7-14(8-10-15)12(2)3;1-2/h5-10,12H,4,11H2,1-3H3;1-2H3. The van der Waals surface area contributed by atoms with Gasteiger partial charge in [-0.05, 0) is 35.5 Å². The van der Waals surface area contributed by atoms with E-state index in [0.717, 1.165) is 6.42 Å². The molecule has 0 radical (unpaired) electrons. The molecule has 1 aromatic rings. The molecule has 1 aliphatic carbocycles. The molecule has 0 atom stereocenters. The summed E-state index contributed by atoms with van der Waals surface area (Å²) in [5.74, 6) is 0.621. The van der Waals surface area contributed by atoms with Crippen LogP contribution in [0.4, 0.5) is 0 Å². The van der Waals surface area contributed by atoms with Crippen molar-refractivity contribution < 1.29 is 0 Å². The Morgan fingerprint density at radius 2 is 1.61 bits per heavy atom. The Hall–Kier alpha value is -1.30. The molecule has 0 fully saturated rings. The smallest absolute Gasteiger partial charge is 0.00582 e. The number of hydrogen-bond donors (Lipinski definition) is 0. The van der Waals surface area contributed by atoms with Crippen molar-refractivity contribution in [2.45, 2.75) is 53.4 Å². The van der Waals surface area contributed by atoms with Crippen molar-refractivity contribution in [2.75, 3.05) is 0 Å². The minimum atomic E-state index is 0.621. The zero-order chi connectivity index (χ0) is 13.5. The zero-order valence-electron chi connectivity index (χ0n) is 12.5. The lowest BCUT2D eigenvalue weighted by atomic mass is 9.97. The third-order valence-corrected chi connectivity index (χ3v) is 3.34. The van der Waals surface area contributed by atoms with Crippen LogP contribution in [0.5, 0.6) is 0 Å². The van der Waals surface area contributed by atoms with Gasteiger partial charge in [0.15, 0.2) is 0 Å². The van der Waals surface area contributed by atoms with E-state index in [1.54, 1.807) is 5.57 Å². The van der Waals surface area contributed by atoms with E-state index in [-0.39, 0.29) is 0 Å². The predicted molar refractivity (Wildman–Crippen MR) is 82.8 cm³/mol. The Balaban J connectivity index is 0.000000771. The number of allylic oxidation sites excluding steroid dienone is 4. The summed E-state index contributed by atoms with van der Waals surface area (Å²) in [6, 6.07) is 9.02. The lowest BCUT2D eigenvalue weighted by Gasteiger charge is -2.08. The SMILES string of the molecule is CC.CCC1=CC=C(c2ccc(C(C)C)cc2)C1. The summed E-state index contributed by atoms with van der Waals surface area (Å²) < 4.78 is 0. The van der Waals surface area contributed by atoms with Gasteiger partial charge in [-0.25, -0.2) is 0 Å². The van der Waals surface area contributed by atoms with Crippen LogP contribution in [0.3, 0.4) is 0 Å². The minimum absolute atomic E-state index is 0.621. The third kappa shape index (κ3) is 3.60. The van der Waals surface area contributed by atoms with E-state index in [9.17, 15) is 0 Å². The molecular weight excluding hydrogens is 216 g/mol. The van der Waals surface area contributed by atoms with Crippen molar-refractivity contribution in [1.29, 1.82) is 0 Å². The molecule has 0 saturated carbocycles. The fourth-order valence-corrected chi connectivity index (χ4v) is 2.10. The normalized spacial score (nSPS) is 13.9. The molecule has 1 aromatic carbocycles. The molecule has 0 spiro atoms. The molecule has 0 aliphatic heterocycles. The van der Waals surface area contributed by atoms with Gasteiger partial charge < -0.3 is 0 Å². The van der Waals surface area contributed by atoms with E-state index in [1.807, 2.05) is 13.8 Å². The van der Waals surface area contributed by atoms with Crippen molar-refractivity contribution in [2.24, 2.45) is 0 Å². The van der Waals surface area contributed by atoms with Gasteiger partial charge in [0.1, 0.15) is 0 Å². The molecule has 0 unspecified atom stereocenters. The molecule has 0 amide bonds. The fraction of sp³-hybridized carbons (Fsp3) is 0.444. The first-order valence-corrected chi connectivity index (χ1v) is 7.19. The van der Waals surface area contributed by atoms with Crippen LogP contribution in [0.25, 0.3) is 5.57 Å². The first kappa shape index (κ1) is 14.8. The molecular formula is C18H26. The highest BCUT2D eigenvalue weighted by molar-refractivity contribution is 5.72. The molecule has 0 heterocycles. The Morgan fingerprint density at radius 3 is 2.06 bits per heavy atom. The molecule has 0 saturated heterocycles. The van der Waals surface area contributed by atoms with Crippen molar-refractivity contribution in [1.82, 2.24) is 0 Å². The molecule has 0 N–H and O–H groups in total. The summed E-state index contributed by atoms with van der Waals surface area (Å²) in [5.41, 5.74) is 5.81. The van der Waals surface area contributed by atoms with E-state index in [2.05, 4.69) is 57.2 Å². The maximum absolute atomic E-state index is 2.27. The van der Waals surface area contributed by atoms with Gasteiger partial charge in [0.25, 0.3) is 0 Å². The van der Waals surface area contributed by atoms with E-state index in [4.69, 9.17) is 0 Å². The van der Waals surface area contributed by atoms with Crippen LogP contribution < -0.4 is 0 Å². The van der Waals surface area contributed by atoms with E-state index in [1.165, 1.54) is 23.1 Å². The highest BCUT2D eigenvalue weighted by Gasteiger charge is 2.09. The Labute approximate surface area is 112 Å². The first-order valence-electron chi connectivity index (χ1n) is 7.19. The van der Waals surface area contributed by atoms with E-state index in [0.29, 0.717) is 5.92 Å². The second-order valence-corrected chi connectivity index (χ2v) is 4.82. The van der Waals surface area contributed by atoms with Crippen LogP contribution in [-0.2, 0) is 0 Å². The van der Waals surface area contributed by atoms with Gasteiger partial charge in [-0.3, -0.25) is 0 Å². The van der Waals surface area contributed by atoms with Gasteiger partial charge in [0.2, 0.25) is 0 Å². The molecule has 98 valence electrons. The van der Waals surface area contributed by atoms with Gasteiger partial charge in [-0.2, -0.15) is 0 Å². The summed E-state index contributed by atoms with van der Waals surface area (Å²) in [6.45, 7) is 10.7. The first-order chi connectivity index (χ1) is 8.70. The fourth-order valence-electron chi connectivity index (χ4n) is 2.10. The number of benzene rings is 1. The quantitative estimate of drug-likeness (QED) is 0.613. The van der Waals surface area contributed by atoms with Crippen molar-refractivity contribution in [3.8, 4) is 0 Å². The lowest BCUT2D eigenvalue weighted by molar-refractivity contribution is 0.866. The predicted octanol–water partition coefficient (Wildman–Crippen LogP) is 5.96. The lowest BCUT2D eigenvalue weighted by Crippen LogP contribution is -1.88. The van der Waals surface area contributed by atoms with E-state index >= 15 is 0 Å². The Kier molecular flexibility index (Phi) is 5.91. The Bertz CT molecular complexity index is 416. The zero-order valence-corrected chi connectivity index (χ0v) is 12.5. The summed E-state index contributed by atoms with van der Waals surface area (Å²) in [6.07, 6.45) is 6.84. The maximum atomic E-state index is 2.27. The van der Waals surface area contributed by atoms with Crippen molar-refractivity contribution in [3.63, 3.8) is 0 Å². The topological polar surface area (TPSA) is 0 Å².